The van der Waals surface area contributed by atoms with Crippen molar-refractivity contribution in [2.75, 3.05) is 0 Å². The third kappa shape index (κ3) is 2.03. The molecule has 2 aromatic rings. The Bertz CT molecular complexity index is 457. The molecule has 0 bridgehead atoms. The van der Waals surface area contributed by atoms with Gasteiger partial charge in [-0.15, -0.1) is 0 Å². The molecule has 78 valence electrons. The Balaban J connectivity index is 2.44. The summed E-state index contributed by atoms with van der Waals surface area (Å²) in [5.74, 6) is 0. The summed E-state index contributed by atoms with van der Waals surface area (Å²) in [4.78, 5) is 0. The zero-order chi connectivity index (χ0) is 10.8. The monoisotopic (exact) mass is 221 g/mol. The van der Waals surface area contributed by atoms with Gasteiger partial charge in [0.15, 0.2) is 0 Å². The van der Waals surface area contributed by atoms with Gasteiger partial charge in [0.1, 0.15) is 0 Å². The Morgan fingerprint density at radius 1 is 1.47 bits per heavy atom. The van der Waals surface area contributed by atoms with Crippen LogP contribution in [-0.4, -0.2) is 9.78 Å². The molecule has 4 heteroatoms. The smallest absolute Gasteiger partial charge is 0.0819 e. The molecule has 1 heterocycles. The number of rotatable bonds is 2. The Morgan fingerprint density at radius 2 is 2.27 bits per heavy atom. The molecule has 2 rings (SSSR count). The lowest BCUT2D eigenvalue weighted by atomic mass is 10.2. The molecular weight excluding hydrogens is 210 g/mol. The molecule has 0 aliphatic rings. The van der Waals surface area contributed by atoms with Gasteiger partial charge in [-0.3, -0.25) is 0 Å². The average Bonchev–Trinajstić information content (AvgIpc) is 2.59. The van der Waals surface area contributed by atoms with Crippen LogP contribution in [0.5, 0.6) is 0 Å². The van der Waals surface area contributed by atoms with Gasteiger partial charge < -0.3 is 5.73 Å². The minimum absolute atomic E-state index is 0.530. The van der Waals surface area contributed by atoms with E-state index >= 15 is 0 Å². The summed E-state index contributed by atoms with van der Waals surface area (Å²) in [5.41, 5.74) is 8.46. The van der Waals surface area contributed by atoms with E-state index in [0.29, 0.717) is 11.6 Å². The van der Waals surface area contributed by atoms with Crippen molar-refractivity contribution >= 4 is 11.6 Å². The SMILES string of the molecule is Cc1nn(-c2cccc(CN)c2)cc1Cl. The first kappa shape index (κ1) is 10.2. The first-order valence-electron chi connectivity index (χ1n) is 4.72. The van der Waals surface area contributed by atoms with Crippen LogP contribution in [0.1, 0.15) is 11.3 Å². The Kier molecular flexibility index (Phi) is 2.75. The average molecular weight is 222 g/mol. The van der Waals surface area contributed by atoms with E-state index in [1.54, 1.807) is 10.9 Å². The zero-order valence-electron chi connectivity index (χ0n) is 8.44. The first-order valence-corrected chi connectivity index (χ1v) is 5.09. The number of benzene rings is 1. The standard InChI is InChI=1S/C11H12ClN3/c1-8-11(12)7-15(14-8)10-4-2-3-9(5-10)6-13/h2-5,7H,6,13H2,1H3. The number of aryl methyl sites for hydroxylation is 1. The minimum Gasteiger partial charge on any atom is -0.326 e. The van der Waals surface area contributed by atoms with E-state index in [-0.39, 0.29) is 0 Å². The first-order chi connectivity index (χ1) is 7.20. The van der Waals surface area contributed by atoms with Crippen LogP contribution in [0.2, 0.25) is 5.02 Å². The quantitative estimate of drug-likeness (QED) is 0.846. The third-order valence-corrected chi connectivity index (χ3v) is 2.62. The molecule has 0 unspecified atom stereocenters. The van der Waals surface area contributed by atoms with Crippen LogP contribution in [0.3, 0.4) is 0 Å². The fourth-order valence-corrected chi connectivity index (χ4v) is 1.53. The molecule has 0 saturated heterocycles. The number of hydrogen-bond donors (Lipinski definition) is 1. The molecule has 0 radical (unpaired) electrons. The molecule has 0 amide bonds. The highest BCUT2D eigenvalue weighted by Crippen LogP contribution is 2.16. The Morgan fingerprint density at radius 3 is 2.87 bits per heavy atom. The normalized spacial score (nSPS) is 10.6. The van der Waals surface area contributed by atoms with E-state index < -0.39 is 0 Å². The lowest BCUT2D eigenvalue weighted by Gasteiger charge is -2.02. The molecule has 0 aliphatic carbocycles. The lowest BCUT2D eigenvalue weighted by Crippen LogP contribution is -1.99. The molecule has 0 fully saturated rings. The third-order valence-electron chi connectivity index (χ3n) is 2.25. The molecule has 0 atom stereocenters. The van der Waals surface area contributed by atoms with E-state index in [2.05, 4.69) is 5.10 Å². The van der Waals surface area contributed by atoms with Gasteiger partial charge in [-0.2, -0.15) is 5.10 Å². The maximum Gasteiger partial charge on any atom is 0.0819 e. The number of nitrogens with zero attached hydrogens (tertiary/aromatic N) is 2. The maximum atomic E-state index is 5.94. The predicted octanol–water partition coefficient (Wildman–Crippen LogP) is 2.29. The van der Waals surface area contributed by atoms with Crippen LogP contribution in [0.15, 0.2) is 30.5 Å². The summed E-state index contributed by atoms with van der Waals surface area (Å²) in [6.07, 6.45) is 1.80. The van der Waals surface area contributed by atoms with Crippen molar-refractivity contribution in [2.24, 2.45) is 5.73 Å². The van der Waals surface area contributed by atoms with Crippen molar-refractivity contribution in [3.8, 4) is 5.69 Å². The van der Waals surface area contributed by atoms with Gasteiger partial charge in [-0.25, -0.2) is 4.68 Å². The topological polar surface area (TPSA) is 43.8 Å². The molecule has 0 spiro atoms. The summed E-state index contributed by atoms with van der Waals surface area (Å²) in [6.45, 7) is 2.41. The van der Waals surface area contributed by atoms with E-state index in [1.165, 1.54) is 0 Å². The van der Waals surface area contributed by atoms with Crippen molar-refractivity contribution < 1.29 is 0 Å². The van der Waals surface area contributed by atoms with Gasteiger partial charge >= 0.3 is 0 Å². The fourth-order valence-electron chi connectivity index (χ4n) is 1.40. The molecule has 15 heavy (non-hydrogen) atoms. The lowest BCUT2D eigenvalue weighted by molar-refractivity contribution is 0.859. The number of nitrogens with two attached hydrogens (primary N) is 1. The van der Waals surface area contributed by atoms with Gasteiger partial charge in [-0.05, 0) is 24.6 Å². The largest absolute Gasteiger partial charge is 0.326 e. The van der Waals surface area contributed by atoms with Crippen molar-refractivity contribution in [2.45, 2.75) is 13.5 Å². The highest BCUT2D eigenvalue weighted by molar-refractivity contribution is 6.31. The van der Waals surface area contributed by atoms with Gasteiger partial charge in [-0.1, -0.05) is 23.7 Å². The predicted molar refractivity (Wildman–Crippen MR) is 61.2 cm³/mol. The molecule has 0 saturated carbocycles. The fraction of sp³-hybridized carbons (Fsp3) is 0.182. The van der Waals surface area contributed by atoms with Crippen molar-refractivity contribution in [1.82, 2.24) is 9.78 Å². The Labute approximate surface area is 93.5 Å². The van der Waals surface area contributed by atoms with Crippen molar-refractivity contribution in [3.05, 3.63) is 46.7 Å². The summed E-state index contributed by atoms with van der Waals surface area (Å²) < 4.78 is 1.76. The van der Waals surface area contributed by atoms with Crippen LogP contribution in [0.4, 0.5) is 0 Å². The second-order valence-electron chi connectivity index (χ2n) is 3.38. The number of aromatic nitrogens is 2. The summed E-state index contributed by atoms with van der Waals surface area (Å²) in [7, 11) is 0. The van der Waals surface area contributed by atoms with Crippen LogP contribution in [0.25, 0.3) is 5.69 Å². The van der Waals surface area contributed by atoms with Crippen molar-refractivity contribution in [3.63, 3.8) is 0 Å². The van der Waals surface area contributed by atoms with Gasteiger partial charge in [0.25, 0.3) is 0 Å². The molecular formula is C11H12ClN3. The highest BCUT2D eigenvalue weighted by Gasteiger charge is 2.03. The van der Waals surface area contributed by atoms with E-state index in [9.17, 15) is 0 Å². The summed E-state index contributed by atoms with van der Waals surface area (Å²) in [5, 5.41) is 4.97. The van der Waals surface area contributed by atoms with Crippen molar-refractivity contribution in [1.29, 1.82) is 0 Å². The minimum atomic E-state index is 0.530. The summed E-state index contributed by atoms with van der Waals surface area (Å²) >= 11 is 5.94. The zero-order valence-corrected chi connectivity index (χ0v) is 9.20. The second kappa shape index (κ2) is 4.04. The molecule has 3 nitrogen and oxygen atoms in total. The van der Waals surface area contributed by atoms with Gasteiger partial charge in [0.2, 0.25) is 0 Å². The molecule has 1 aromatic carbocycles. The Hall–Kier alpha value is -1.32. The van der Waals surface area contributed by atoms with Gasteiger partial charge in [0, 0.05) is 12.7 Å². The van der Waals surface area contributed by atoms with E-state index in [1.807, 2.05) is 31.2 Å². The second-order valence-corrected chi connectivity index (χ2v) is 3.79. The number of hydrogen-bond acceptors (Lipinski definition) is 2. The number of halogens is 1. The van der Waals surface area contributed by atoms with Crippen LogP contribution in [-0.2, 0) is 6.54 Å². The maximum absolute atomic E-state index is 5.94. The highest BCUT2D eigenvalue weighted by atomic mass is 35.5. The molecule has 0 aliphatic heterocycles. The van der Waals surface area contributed by atoms with Crippen LogP contribution >= 0.6 is 11.6 Å². The van der Waals surface area contributed by atoms with E-state index in [4.69, 9.17) is 17.3 Å². The summed E-state index contributed by atoms with van der Waals surface area (Å²) in [6, 6.07) is 7.93. The van der Waals surface area contributed by atoms with Crippen LogP contribution in [0, 0.1) is 6.92 Å². The van der Waals surface area contributed by atoms with Crippen LogP contribution < -0.4 is 5.73 Å². The van der Waals surface area contributed by atoms with E-state index in [0.717, 1.165) is 16.9 Å². The molecule has 2 N–H and O–H groups in total. The van der Waals surface area contributed by atoms with Gasteiger partial charge in [0.05, 0.1) is 16.4 Å². The molecule has 1 aromatic heterocycles.